The van der Waals surface area contributed by atoms with Crippen molar-refractivity contribution in [2.24, 2.45) is 0 Å². The topological polar surface area (TPSA) is 86.7 Å². The number of benzene rings is 3. The number of rotatable bonds is 2. The van der Waals surface area contributed by atoms with Crippen LogP contribution in [0.1, 0.15) is 31.1 Å². The summed E-state index contributed by atoms with van der Waals surface area (Å²) in [4.78, 5) is 37.7. The third-order valence-electron chi connectivity index (χ3n) is 4.19. The van der Waals surface area contributed by atoms with Crippen molar-refractivity contribution in [2.75, 3.05) is 0 Å². The average Bonchev–Trinajstić information content (AvgIpc) is 2.87. The monoisotopic (exact) mass is 366 g/mol. The van der Waals surface area contributed by atoms with Crippen molar-refractivity contribution in [1.29, 1.82) is 0 Å². The number of amides is 3. The normalized spacial score (nSPS) is 13.2. The number of aromatic hydroxyl groups is 1. The van der Waals surface area contributed by atoms with Crippen molar-refractivity contribution in [3.05, 3.63) is 76.3 Å². The first-order valence-electron chi connectivity index (χ1n) is 7.67. The van der Waals surface area contributed by atoms with Gasteiger partial charge in [-0.15, -0.1) is 0 Å². The molecule has 3 amide bonds. The van der Waals surface area contributed by atoms with Gasteiger partial charge in [-0.2, -0.15) is 5.01 Å². The van der Waals surface area contributed by atoms with E-state index in [1.54, 1.807) is 24.3 Å². The van der Waals surface area contributed by atoms with Crippen LogP contribution in [-0.4, -0.2) is 27.8 Å². The van der Waals surface area contributed by atoms with Crippen LogP contribution in [-0.2, 0) is 0 Å². The average molecular weight is 367 g/mol. The highest BCUT2D eigenvalue weighted by Crippen LogP contribution is 2.35. The number of nitrogens with zero attached hydrogens (tertiary/aromatic N) is 1. The Kier molecular flexibility index (Phi) is 3.63. The van der Waals surface area contributed by atoms with Crippen molar-refractivity contribution < 1.29 is 19.5 Å². The molecule has 3 aromatic carbocycles. The number of carbonyl (C=O) groups excluding carboxylic acids is 3. The second-order valence-electron chi connectivity index (χ2n) is 5.76. The van der Waals surface area contributed by atoms with E-state index >= 15 is 0 Å². The van der Waals surface area contributed by atoms with E-state index in [0.29, 0.717) is 20.8 Å². The minimum Gasteiger partial charge on any atom is -0.507 e. The van der Waals surface area contributed by atoms with Gasteiger partial charge in [0.15, 0.2) is 0 Å². The summed E-state index contributed by atoms with van der Waals surface area (Å²) in [7, 11) is 0. The molecule has 4 rings (SSSR count). The van der Waals surface area contributed by atoms with Gasteiger partial charge in [-0.25, -0.2) is 0 Å². The summed E-state index contributed by atoms with van der Waals surface area (Å²) in [5.41, 5.74) is 2.76. The Balaban J connectivity index is 1.73. The molecule has 128 valence electrons. The van der Waals surface area contributed by atoms with Gasteiger partial charge in [-0.05, 0) is 35.7 Å². The van der Waals surface area contributed by atoms with E-state index in [-0.39, 0.29) is 22.4 Å². The van der Waals surface area contributed by atoms with E-state index in [4.69, 9.17) is 11.6 Å². The molecule has 0 spiro atoms. The van der Waals surface area contributed by atoms with Crippen LogP contribution in [0.4, 0.5) is 0 Å². The van der Waals surface area contributed by atoms with Gasteiger partial charge in [-0.3, -0.25) is 19.8 Å². The van der Waals surface area contributed by atoms with E-state index in [1.165, 1.54) is 30.3 Å². The molecule has 3 aromatic rings. The smallest absolute Gasteiger partial charge is 0.281 e. The maximum Gasteiger partial charge on any atom is 0.281 e. The Bertz CT molecular complexity index is 1090. The molecule has 0 aliphatic carbocycles. The fourth-order valence-electron chi connectivity index (χ4n) is 2.95. The van der Waals surface area contributed by atoms with Gasteiger partial charge in [0, 0.05) is 16.0 Å². The summed E-state index contributed by atoms with van der Waals surface area (Å²) in [6.45, 7) is 0. The molecule has 0 atom stereocenters. The molecule has 0 aromatic heterocycles. The molecule has 0 radical (unpaired) electrons. The zero-order valence-corrected chi connectivity index (χ0v) is 13.9. The SMILES string of the molecule is O=C(NN1C(=O)c2cc(O)c3ccccc3c2C1=O)c1ccc(Cl)cc1. The predicted molar refractivity (Wildman–Crippen MR) is 95.0 cm³/mol. The van der Waals surface area contributed by atoms with Crippen LogP contribution >= 0.6 is 11.6 Å². The summed E-state index contributed by atoms with van der Waals surface area (Å²) >= 11 is 5.79. The summed E-state index contributed by atoms with van der Waals surface area (Å²) < 4.78 is 0. The molecule has 0 saturated carbocycles. The fourth-order valence-corrected chi connectivity index (χ4v) is 3.07. The quantitative estimate of drug-likeness (QED) is 0.682. The summed E-state index contributed by atoms with van der Waals surface area (Å²) in [5.74, 6) is -2.08. The number of phenolic OH excluding ortho intramolecular Hbond substituents is 1. The molecule has 1 heterocycles. The number of hydrazine groups is 1. The molecular formula is C19H11ClN2O4. The molecule has 6 nitrogen and oxygen atoms in total. The first kappa shape index (κ1) is 16.1. The van der Waals surface area contributed by atoms with E-state index in [9.17, 15) is 19.5 Å². The molecule has 0 bridgehead atoms. The zero-order chi connectivity index (χ0) is 18.4. The minimum absolute atomic E-state index is 0.0441. The maximum absolute atomic E-state index is 12.7. The zero-order valence-electron chi connectivity index (χ0n) is 13.2. The Morgan fingerprint density at radius 2 is 1.62 bits per heavy atom. The van der Waals surface area contributed by atoms with E-state index in [2.05, 4.69) is 5.43 Å². The minimum atomic E-state index is -0.701. The van der Waals surface area contributed by atoms with Gasteiger partial charge in [0.2, 0.25) is 0 Å². The van der Waals surface area contributed by atoms with Crippen LogP contribution in [0, 0.1) is 0 Å². The van der Waals surface area contributed by atoms with Gasteiger partial charge < -0.3 is 5.11 Å². The molecule has 7 heteroatoms. The highest BCUT2D eigenvalue weighted by molar-refractivity contribution is 6.30. The van der Waals surface area contributed by atoms with Crippen LogP contribution in [0.2, 0.25) is 5.02 Å². The van der Waals surface area contributed by atoms with Crippen LogP contribution in [0.15, 0.2) is 54.6 Å². The number of phenols is 1. The Hall–Kier alpha value is -3.38. The number of halogens is 1. The third-order valence-corrected chi connectivity index (χ3v) is 4.44. The largest absolute Gasteiger partial charge is 0.507 e. The van der Waals surface area contributed by atoms with E-state index < -0.39 is 17.7 Å². The molecule has 0 saturated heterocycles. The highest BCUT2D eigenvalue weighted by atomic mass is 35.5. The lowest BCUT2D eigenvalue weighted by molar-refractivity contribution is 0.0518. The number of fused-ring (bicyclic) bond motifs is 3. The van der Waals surface area contributed by atoms with Crippen LogP contribution in [0.25, 0.3) is 10.8 Å². The van der Waals surface area contributed by atoms with Gasteiger partial charge in [-0.1, -0.05) is 35.9 Å². The molecule has 0 fully saturated rings. The standard InChI is InChI=1S/C19H11ClN2O4/c20-11-7-5-10(6-8-11)17(24)21-22-18(25)14-9-15(23)12-3-1-2-4-13(12)16(14)19(22)26/h1-9,23H,(H,21,24). The second kappa shape index (κ2) is 5.86. The molecule has 26 heavy (non-hydrogen) atoms. The lowest BCUT2D eigenvalue weighted by Crippen LogP contribution is -2.45. The van der Waals surface area contributed by atoms with Crippen LogP contribution < -0.4 is 5.43 Å². The number of hydrogen-bond acceptors (Lipinski definition) is 4. The lowest BCUT2D eigenvalue weighted by atomic mass is 9.99. The first-order valence-corrected chi connectivity index (χ1v) is 8.05. The Morgan fingerprint density at radius 1 is 0.962 bits per heavy atom. The van der Waals surface area contributed by atoms with Crippen molar-refractivity contribution in [1.82, 2.24) is 10.4 Å². The van der Waals surface area contributed by atoms with Gasteiger partial charge in [0.25, 0.3) is 17.7 Å². The second-order valence-corrected chi connectivity index (χ2v) is 6.19. The van der Waals surface area contributed by atoms with E-state index in [1.807, 2.05) is 0 Å². The van der Waals surface area contributed by atoms with Crippen molar-refractivity contribution in [3.63, 3.8) is 0 Å². The van der Waals surface area contributed by atoms with Crippen molar-refractivity contribution >= 4 is 40.1 Å². The molecule has 1 aliphatic heterocycles. The predicted octanol–water partition coefficient (Wildman–Crippen LogP) is 3.14. The Morgan fingerprint density at radius 3 is 2.31 bits per heavy atom. The van der Waals surface area contributed by atoms with Crippen LogP contribution in [0.5, 0.6) is 5.75 Å². The molecular weight excluding hydrogens is 356 g/mol. The highest BCUT2D eigenvalue weighted by Gasteiger charge is 2.39. The number of imide groups is 1. The number of carbonyl (C=O) groups is 3. The van der Waals surface area contributed by atoms with Crippen LogP contribution in [0.3, 0.4) is 0 Å². The van der Waals surface area contributed by atoms with Gasteiger partial charge in [0.1, 0.15) is 5.75 Å². The summed E-state index contributed by atoms with van der Waals surface area (Å²) in [5, 5.41) is 12.2. The number of hydrogen-bond donors (Lipinski definition) is 2. The van der Waals surface area contributed by atoms with Gasteiger partial charge >= 0.3 is 0 Å². The van der Waals surface area contributed by atoms with Crippen molar-refractivity contribution in [2.45, 2.75) is 0 Å². The first-order chi connectivity index (χ1) is 12.5. The van der Waals surface area contributed by atoms with E-state index in [0.717, 1.165) is 0 Å². The summed E-state index contributed by atoms with van der Waals surface area (Å²) in [6, 6.07) is 14.0. The lowest BCUT2D eigenvalue weighted by Gasteiger charge is -2.15. The van der Waals surface area contributed by atoms with Gasteiger partial charge in [0.05, 0.1) is 11.1 Å². The van der Waals surface area contributed by atoms with Crippen molar-refractivity contribution in [3.8, 4) is 5.75 Å². The fraction of sp³-hybridized carbons (Fsp3) is 0. The molecule has 2 N–H and O–H groups in total. The Labute approximate surface area is 152 Å². The molecule has 0 unspecified atom stereocenters. The third kappa shape index (κ3) is 2.39. The summed E-state index contributed by atoms with van der Waals surface area (Å²) in [6.07, 6.45) is 0. The maximum atomic E-state index is 12.7. The molecule has 1 aliphatic rings. The number of nitrogens with one attached hydrogen (secondary N) is 1.